The molecule has 15 heavy (non-hydrogen) atoms. The summed E-state index contributed by atoms with van der Waals surface area (Å²) < 4.78 is 22.3. The molecule has 0 aliphatic carbocycles. The molecule has 0 atom stereocenters. The van der Waals surface area contributed by atoms with Gasteiger partial charge >= 0.3 is 9.05 Å². The first-order valence-electron chi connectivity index (χ1n) is 5.66. The van der Waals surface area contributed by atoms with Gasteiger partial charge in [0.1, 0.15) is 0 Å². The Kier molecular flexibility index (Phi) is 8.27. The molecule has 0 bridgehead atoms. The Morgan fingerprint density at radius 2 is 1.20 bits per heavy atom. The first-order valence-corrected chi connectivity index (χ1v) is 7.29. The zero-order valence-corrected chi connectivity index (χ0v) is 11.5. The molecule has 0 aliphatic heterocycles. The molecular formula is C10H24O4Si. The molecule has 0 rings (SSSR count). The van der Waals surface area contributed by atoms with Crippen LogP contribution in [0.5, 0.6) is 0 Å². The van der Waals surface area contributed by atoms with Gasteiger partial charge in [0.25, 0.3) is 0 Å². The lowest BCUT2D eigenvalue weighted by Crippen LogP contribution is -2.50. The Morgan fingerprint density at radius 1 is 0.800 bits per heavy atom. The smallest absolute Gasteiger partial charge is 0.351 e. The Hall–Kier alpha value is 0.0569. The topological polar surface area (TPSA) is 36.9 Å². The van der Waals surface area contributed by atoms with E-state index in [1.165, 1.54) is 0 Å². The van der Waals surface area contributed by atoms with Gasteiger partial charge in [-0.25, -0.2) is 0 Å². The van der Waals surface area contributed by atoms with E-state index in [-0.39, 0.29) is 0 Å². The van der Waals surface area contributed by atoms with Crippen LogP contribution in [0.15, 0.2) is 0 Å². The van der Waals surface area contributed by atoms with Crippen LogP contribution in [0.2, 0.25) is 0 Å². The SMILES string of the molecule is CCO[Si](OCC)(OCC)OCC(C)C. The summed E-state index contributed by atoms with van der Waals surface area (Å²) in [4.78, 5) is 0. The maximum atomic E-state index is 5.68. The van der Waals surface area contributed by atoms with Crippen LogP contribution in [-0.2, 0) is 17.7 Å². The molecule has 0 saturated carbocycles. The maximum Gasteiger partial charge on any atom is 0.679 e. The predicted octanol–water partition coefficient (Wildman–Crippen LogP) is 2.20. The van der Waals surface area contributed by atoms with E-state index in [1.54, 1.807) is 0 Å². The number of rotatable bonds is 9. The van der Waals surface area contributed by atoms with Crippen molar-refractivity contribution in [2.45, 2.75) is 34.6 Å². The van der Waals surface area contributed by atoms with Crippen LogP contribution in [0.1, 0.15) is 34.6 Å². The zero-order chi connectivity index (χ0) is 11.7. The van der Waals surface area contributed by atoms with Gasteiger partial charge in [-0.15, -0.1) is 0 Å². The maximum absolute atomic E-state index is 5.68. The molecule has 0 fully saturated rings. The molecular weight excluding hydrogens is 212 g/mol. The van der Waals surface area contributed by atoms with Crippen LogP contribution >= 0.6 is 0 Å². The molecule has 0 spiro atoms. The van der Waals surface area contributed by atoms with Gasteiger partial charge in [-0.1, -0.05) is 13.8 Å². The van der Waals surface area contributed by atoms with E-state index in [1.807, 2.05) is 20.8 Å². The monoisotopic (exact) mass is 236 g/mol. The first kappa shape index (κ1) is 15.1. The Bertz CT molecular complexity index is 135. The van der Waals surface area contributed by atoms with Crippen LogP contribution < -0.4 is 0 Å². The quantitative estimate of drug-likeness (QED) is 0.575. The highest BCUT2D eigenvalue weighted by atomic mass is 28.4. The summed E-state index contributed by atoms with van der Waals surface area (Å²) in [5, 5.41) is 0. The lowest BCUT2D eigenvalue weighted by molar-refractivity contribution is -0.0324. The molecule has 5 heteroatoms. The van der Waals surface area contributed by atoms with Crippen molar-refractivity contribution in [3.63, 3.8) is 0 Å². The van der Waals surface area contributed by atoms with Gasteiger partial charge < -0.3 is 17.7 Å². The molecule has 0 saturated heterocycles. The second-order valence-corrected chi connectivity index (χ2v) is 5.66. The van der Waals surface area contributed by atoms with Gasteiger partial charge in [-0.05, 0) is 26.7 Å². The summed E-state index contributed by atoms with van der Waals surface area (Å²) in [6, 6.07) is 0. The lowest BCUT2D eigenvalue weighted by Gasteiger charge is -2.27. The average Bonchev–Trinajstić information content (AvgIpc) is 2.16. The van der Waals surface area contributed by atoms with E-state index in [4.69, 9.17) is 17.7 Å². The highest BCUT2D eigenvalue weighted by Crippen LogP contribution is 2.13. The second kappa shape index (κ2) is 8.24. The number of hydrogen-bond donors (Lipinski definition) is 0. The van der Waals surface area contributed by atoms with E-state index in [0.29, 0.717) is 32.3 Å². The first-order chi connectivity index (χ1) is 7.10. The summed E-state index contributed by atoms with van der Waals surface area (Å²) >= 11 is 0. The van der Waals surface area contributed by atoms with Crippen LogP contribution in [0.4, 0.5) is 0 Å². The van der Waals surface area contributed by atoms with Gasteiger partial charge in [-0.2, -0.15) is 0 Å². The Labute approximate surface area is 94.4 Å². The van der Waals surface area contributed by atoms with E-state index in [9.17, 15) is 0 Å². The average molecular weight is 236 g/mol. The molecule has 0 aromatic carbocycles. The minimum Gasteiger partial charge on any atom is -0.351 e. The van der Waals surface area contributed by atoms with E-state index in [0.717, 1.165) is 0 Å². The molecule has 0 aromatic rings. The van der Waals surface area contributed by atoms with Crippen LogP contribution in [0.3, 0.4) is 0 Å². The van der Waals surface area contributed by atoms with Crippen molar-refractivity contribution in [3.05, 3.63) is 0 Å². The summed E-state index contributed by atoms with van der Waals surface area (Å²) in [5.74, 6) is 0.443. The largest absolute Gasteiger partial charge is 0.679 e. The summed E-state index contributed by atoms with van der Waals surface area (Å²) in [5.41, 5.74) is 0. The molecule has 0 radical (unpaired) electrons. The molecule has 0 heterocycles. The molecule has 0 aromatic heterocycles. The molecule has 92 valence electrons. The van der Waals surface area contributed by atoms with Gasteiger partial charge in [0.15, 0.2) is 0 Å². The van der Waals surface area contributed by atoms with Crippen LogP contribution in [0, 0.1) is 5.92 Å². The van der Waals surface area contributed by atoms with Crippen LogP contribution in [0.25, 0.3) is 0 Å². The summed E-state index contributed by atoms with van der Waals surface area (Å²) in [6.07, 6.45) is 0. The van der Waals surface area contributed by atoms with E-state index in [2.05, 4.69) is 13.8 Å². The standard InChI is InChI=1S/C10H24O4Si/c1-6-11-15(12-7-2,13-8-3)14-9-10(4)5/h10H,6-9H2,1-5H3. The van der Waals surface area contributed by atoms with Crippen molar-refractivity contribution in [1.29, 1.82) is 0 Å². The fraction of sp³-hybridized carbons (Fsp3) is 1.00. The van der Waals surface area contributed by atoms with Gasteiger partial charge in [0, 0.05) is 26.4 Å². The zero-order valence-electron chi connectivity index (χ0n) is 10.5. The van der Waals surface area contributed by atoms with Crippen molar-refractivity contribution in [2.75, 3.05) is 26.4 Å². The van der Waals surface area contributed by atoms with Gasteiger partial charge in [0.2, 0.25) is 0 Å². The Morgan fingerprint density at radius 3 is 1.47 bits per heavy atom. The third kappa shape index (κ3) is 6.27. The second-order valence-electron chi connectivity index (χ2n) is 3.50. The third-order valence-electron chi connectivity index (χ3n) is 1.56. The Balaban J connectivity index is 4.31. The summed E-state index contributed by atoms with van der Waals surface area (Å²) in [6.45, 7) is 12.2. The fourth-order valence-electron chi connectivity index (χ4n) is 1.05. The fourth-order valence-corrected chi connectivity index (χ4v) is 3.15. The molecule has 0 unspecified atom stereocenters. The van der Waals surface area contributed by atoms with Crippen molar-refractivity contribution in [3.8, 4) is 0 Å². The number of hydrogen-bond acceptors (Lipinski definition) is 4. The van der Waals surface area contributed by atoms with Gasteiger partial charge in [-0.3, -0.25) is 0 Å². The minimum absolute atomic E-state index is 0.443. The van der Waals surface area contributed by atoms with Crippen LogP contribution in [-0.4, -0.2) is 35.5 Å². The summed E-state index contributed by atoms with van der Waals surface area (Å²) in [7, 11) is -2.86. The highest BCUT2D eigenvalue weighted by Gasteiger charge is 2.44. The molecule has 4 nitrogen and oxygen atoms in total. The van der Waals surface area contributed by atoms with E-state index < -0.39 is 9.05 Å². The van der Waals surface area contributed by atoms with Crippen molar-refractivity contribution in [1.82, 2.24) is 0 Å². The van der Waals surface area contributed by atoms with Gasteiger partial charge in [0.05, 0.1) is 0 Å². The normalized spacial score (nSPS) is 12.4. The molecule has 0 aliphatic rings. The highest BCUT2D eigenvalue weighted by molar-refractivity contribution is 6.53. The van der Waals surface area contributed by atoms with Crippen molar-refractivity contribution < 1.29 is 17.7 Å². The van der Waals surface area contributed by atoms with Crippen molar-refractivity contribution in [2.24, 2.45) is 5.92 Å². The predicted molar refractivity (Wildman–Crippen MR) is 61.4 cm³/mol. The molecule has 0 amide bonds. The molecule has 0 N–H and O–H groups in total. The van der Waals surface area contributed by atoms with Crippen molar-refractivity contribution >= 4 is 9.05 Å². The lowest BCUT2D eigenvalue weighted by atomic mass is 10.2. The van der Waals surface area contributed by atoms with E-state index >= 15 is 0 Å². The third-order valence-corrected chi connectivity index (χ3v) is 4.00. The minimum atomic E-state index is -2.86.